The van der Waals surface area contributed by atoms with Gasteiger partial charge in [0, 0.05) is 18.2 Å². The van der Waals surface area contributed by atoms with Crippen LogP contribution < -0.4 is 5.32 Å². The van der Waals surface area contributed by atoms with Gasteiger partial charge in [-0.25, -0.2) is 0 Å². The molecule has 0 saturated carbocycles. The number of nitrogens with zero attached hydrogens (tertiary/aromatic N) is 5. The fourth-order valence-electron chi connectivity index (χ4n) is 3.26. The summed E-state index contributed by atoms with van der Waals surface area (Å²) < 4.78 is 7.21. The highest BCUT2D eigenvalue weighted by Crippen LogP contribution is 2.22. The summed E-state index contributed by atoms with van der Waals surface area (Å²) in [6.45, 7) is 6.25. The lowest BCUT2D eigenvalue weighted by Crippen LogP contribution is -2.24. The standard InChI is InChI=1S/C21H22N6O2/c1-4-6-17-23-21(29-26-17)16-7-5-10-27-18(24-25-19(16)27)12-22-20(28)15-9-8-13(2)11-14(15)3/h5,7-11H,4,6,12H2,1-3H3,(H,22,28). The summed E-state index contributed by atoms with van der Waals surface area (Å²) in [5.41, 5.74) is 4.03. The first-order valence-corrected chi connectivity index (χ1v) is 9.58. The fourth-order valence-corrected chi connectivity index (χ4v) is 3.26. The van der Waals surface area contributed by atoms with Gasteiger partial charge in [-0.2, -0.15) is 4.98 Å². The van der Waals surface area contributed by atoms with Gasteiger partial charge in [0.15, 0.2) is 17.3 Å². The minimum absolute atomic E-state index is 0.142. The quantitative estimate of drug-likeness (QED) is 0.542. The predicted molar refractivity (Wildman–Crippen MR) is 107 cm³/mol. The van der Waals surface area contributed by atoms with Crippen molar-refractivity contribution in [2.24, 2.45) is 0 Å². The summed E-state index contributed by atoms with van der Waals surface area (Å²) in [4.78, 5) is 17.0. The highest BCUT2D eigenvalue weighted by molar-refractivity contribution is 5.95. The van der Waals surface area contributed by atoms with E-state index in [4.69, 9.17) is 4.52 Å². The number of hydrogen-bond acceptors (Lipinski definition) is 6. The normalized spacial score (nSPS) is 11.1. The van der Waals surface area contributed by atoms with Crippen molar-refractivity contribution in [3.05, 3.63) is 64.9 Å². The number of benzene rings is 1. The number of rotatable bonds is 6. The van der Waals surface area contributed by atoms with Crippen molar-refractivity contribution in [2.45, 2.75) is 40.2 Å². The van der Waals surface area contributed by atoms with E-state index in [1.165, 1.54) is 0 Å². The Morgan fingerprint density at radius 1 is 1.21 bits per heavy atom. The Morgan fingerprint density at radius 2 is 2.07 bits per heavy atom. The van der Waals surface area contributed by atoms with Crippen LogP contribution in [0.25, 0.3) is 17.1 Å². The zero-order chi connectivity index (χ0) is 20.4. The van der Waals surface area contributed by atoms with Gasteiger partial charge >= 0.3 is 0 Å². The van der Waals surface area contributed by atoms with Crippen LogP contribution in [0.3, 0.4) is 0 Å². The van der Waals surface area contributed by atoms with E-state index in [0.29, 0.717) is 34.3 Å². The molecule has 4 aromatic rings. The Morgan fingerprint density at radius 3 is 2.86 bits per heavy atom. The summed E-state index contributed by atoms with van der Waals surface area (Å²) in [7, 11) is 0. The maximum absolute atomic E-state index is 12.6. The number of nitrogens with one attached hydrogen (secondary N) is 1. The minimum Gasteiger partial charge on any atom is -0.345 e. The van der Waals surface area contributed by atoms with Crippen molar-refractivity contribution >= 4 is 11.6 Å². The van der Waals surface area contributed by atoms with Crippen molar-refractivity contribution in [3.8, 4) is 11.5 Å². The summed E-state index contributed by atoms with van der Waals surface area (Å²) >= 11 is 0. The van der Waals surface area contributed by atoms with E-state index in [1.54, 1.807) is 0 Å². The monoisotopic (exact) mass is 390 g/mol. The second-order valence-electron chi connectivity index (χ2n) is 7.00. The lowest BCUT2D eigenvalue weighted by molar-refractivity contribution is 0.0949. The number of fused-ring (bicyclic) bond motifs is 1. The Hall–Kier alpha value is -3.55. The molecule has 0 fully saturated rings. The van der Waals surface area contributed by atoms with Gasteiger partial charge in [0.25, 0.3) is 11.8 Å². The van der Waals surface area contributed by atoms with Gasteiger partial charge in [-0.1, -0.05) is 29.8 Å². The molecule has 0 aliphatic rings. The molecule has 8 heteroatoms. The molecule has 0 saturated heterocycles. The summed E-state index contributed by atoms with van der Waals surface area (Å²) in [5.74, 6) is 1.56. The van der Waals surface area contributed by atoms with Crippen LogP contribution in [0.1, 0.15) is 46.5 Å². The molecule has 0 aliphatic heterocycles. The van der Waals surface area contributed by atoms with Crippen LogP contribution in [-0.2, 0) is 13.0 Å². The molecule has 8 nitrogen and oxygen atoms in total. The molecule has 3 heterocycles. The van der Waals surface area contributed by atoms with E-state index in [1.807, 2.05) is 54.8 Å². The molecule has 0 unspecified atom stereocenters. The van der Waals surface area contributed by atoms with E-state index in [2.05, 4.69) is 32.6 Å². The van der Waals surface area contributed by atoms with Crippen molar-refractivity contribution in [2.75, 3.05) is 0 Å². The van der Waals surface area contributed by atoms with Crippen molar-refractivity contribution in [1.29, 1.82) is 0 Å². The van der Waals surface area contributed by atoms with Gasteiger partial charge in [-0.15, -0.1) is 10.2 Å². The second-order valence-corrected chi connectivity index (χ2v) is 7.00. The molecule has 1 aromatic carbocycles. The van der Waals surface area contributed by atoms with E-state index >= 15 is 0 Å². The molecule has 29 heavy (non-hydrogen) atoms. The first-order chi connectivity index (χ1) is 14.1. The zero-order valence-electron chi connectivity index (χ0n) is 16.6. The molecular weight excluding hydrogens is 368 g/mol. The molecule has 3 aromatic heterocycles. The number of aromatic nitrogens is 5. The molecular formula is C21H22N6O2. The van der Waals surface area contributed by atoms with Crippen molar-refractivity contribution in [3.63, 3.8) is 0 Å². The number of aryl methyl sites for hydroxylation is 3. The molecule has 1 amide bonds. The number of amides is 1. The molecule has 0 spiro atoms. The SMILES string of the molecule is CCCc1noc(-c2cccn3c(CNC(=O)c4ccc(C)cc4C)nnc23)n1. The number of hydrogen-bond donors (Lipinski definition) is 1. The topological polar surface area (TPSA) is 98.2 Å². The van der Waals surface area contributed by atoms with E-state index in [-0.39, 0.29) is 12.5 Å². The van der Waals surface area contributed by atoms with Gasteiger partial charge in [0.2, 0.25) is 0 Å². The van der Waals surface area contributed by atoms with Crippen molar-refractivity contribution in [1.82, 2.24) is 30.1 Å². The van der Waals surface area contributed by atoms with Gasteiger partial charge < -0.3 is 9.84 Å². The summed E-state index contributed by atoms with van der Waals surface area (Å²) in [5, 5.41) is 15.4. The van der Waals surface area contributed by atoms with Crippen LogP contribution in [0, 0.1) is 13.8 Å². The highest BCUT2D eigenvalue weighted by atomic mass is 16.5. The molecule has 148 valence electrons. The fraction of sp³-hybridized carbons (Fsp3) is 0.286. The van der Waals surface area contributed by atoms with E-state index < -0.39 is 0 Å². The average molecular weight is 390 g/mol. The third kappa shape index (κ3) is 3.73. The number of carbonyl (C=O) groups is 1. The summed E-state index contributed by atoms with van der Waals surface area (Å²) in [6, 6.07) is 9.49. The Kier molecular flexibility index (Phi) is 5.07. The van der Waals surface area contributed by atoms with Gasteiger partial charge in [-0.05, 0) is 44.0 Å². The molecule has 0 atom stereocenters. The first kappa shape index (κ1) is 18.8. The van der Waals surface area contributed by atoms with Crippen LogP contribution in [-0.4, -0.2) is 30.6 Å². The number of carbonyl (C=O) groups excluding carboxylic acids is 1. The Bertz CT molecular complexity index is 1180. The average Bonchev–Trinajstić information content (AvgIpc) is 3.33. The van der Waals surface area contributed by atoms with E-state index in [9.17, 15) is 4.79 Å². The van der Waals surface area contributed by atoms with Gasteiger partial charge in [0.05, 0.1) is 12.1 Å². The Labute approximate surface area is 168 Å². The van der Waals surface area contributed by atoms with Crippen LogP contribution >= 0.6 is 0 Å². The first-order valence-electron chi connectivity index (χ1n) is 9.58. The molecule has 0 aliphatic carbocycles. The van der Waals surface area contributed by atoms with Crippen LogP contribution in [0.2, 0.25) is 0 Å². The third-order valence-corrected chi connectivity index (χ3v) is 4.71. The van der Waals surface area contributed by atoms with Crippen LogP contribution in [0.15, 0.2) is 41.1 Å². The minimum atomic E-state index is -0.142. The lowest BCUT2D eigenvalue weighted by Gasteiger charge is -2.08. The molecule has 0 bridgehead atoms. The summed E-state index contributed by atoms with van der Waals surface area (Å²) in [6.07, 6.45) is 3.55. The third-order valence-electron chi connectivity index (χ3n) is 4.71. The van der Waals surface area contributed by atoms with Gasteiger partial charge in [0.1, 0.15) is 0 Å². The Balaban J connectivity index is 1.57. The van der Waals surface area contributed by atoms with Crippen LogP contribution in [0.4, 0.5) is 0 Å². The highest BCUT2D eigenvalue weighted by Gasteiger charge is 2.17. The van der Waals surface area contributed by atoms with E-state index in [0.717, 1.165) is 24.0 Å². The molecule has 4 rings (SSSR count). The maximum atomic E-state index is 12.6. The smallest absolute Gasteiger partial charge is 0.261 e. The molecule has 1 N–H and O–H groups in total. The molecule has 0 radical (unpaired) electrons. The van der Waals surface area contributed by atoms with Crippen LogP contribution in [0.5, 0.6) is 0 Å². The lowest BCUT2D eigenvalue weighted by atomic mass is 10.1. The number of pyridine rings is 1. The van der Waals surface area contributed by atoms with Crippen molar-refractivity contribution < 1.29 is 9.32 Å². The zero-order valence-corrected chi connectivity index (χ0v) is 16.6. The largest absolute Gasteiger partial charge is 0.345 e. The predicted octanol–water partition coefficient (Wildman–Crippen LogP) is 3.28. The maximum Gasteiger partial charge on any atom is 0.261 e. The second kappa shape index (κ2) is 7.83. The van der Waals surface area contributed by atoms with Gasteiger partial charge in [-0.3, -0.25) is 9.20 Å².